The fraction of sp³-hybridized carbons (Fsp3) is 0.500. The van der Waals surface area contributed by atoms with E-state index in [0.29, 0.717) is 0 Å². The normalized spacial score (nSPS) is 38.3. The van der Waals surface area contributed by atoms with E-state index in [2.05, 4.69) is 42.3 Å². The third kappa shape index (κ3) is 5.28. The first kappa shape index (κ1) is 30.2. The lowest BCUT2D eigenvalue weighted by Gasteiger charge is -2.27. The van der Waals surface area contributed by atoms with Crippen LogP contribution in [-0.4, -0.2) is 104 Å². The number of thiol groups is 1. The van der Waals surface area contributed by atoms with Gasteiger partial charge in [-0.2, -0.15) is 9.61 Å². The summed E-state index contributed by atoms with van der Waals surface area (Å²) in [4.78, 5) is 41.8. The number of anilines is 1. The SMILES string of the molecule is Nc1ncnc2c1ncn2[C@@H]1OC2COP(O)(=S)O[C@H]3[C@@H](O)[C@H](c4cnn5c(=O)[nH]cnc45)O[C@@H]3COP(=O)(S)O[C@@H]1[C@@H]2O. The van der Waals surface area contributed by atoms with E-state index in [0.717, 1.165) is 10.8 Å². The van der Waals surface area contributed by atoms with Gasteiger partial charge >= 0.3 is 19.2 Å². The maximum absolute atomic E-state index is 13.5. The van der Waals surface area contributed by atoms with Gasteiger partial charge in [0, 0.05) is 5.56 Å². The van der Waals surface area contributed by atoms with Crippen LogP contribution in [0.3, 0.4) is 0 Å². The second-order valence-corrected chi connectivity index (χ2v) is 15.6. The smallest absolute Gasteiger partial charge is 0.386 e. The van der Waals surface area contributed by atoms with Crippen molar-refractivity contribution < 1.29 is 47.2 Å². The molecule has 7 heterocycles. The largest absolute Gasteiger partial charge is 0.387 e. The molecule has 236 valence electrons. The van der Waals surface area contributed by atoms with Gasteiger partial charge in [0.25, 0.3) is 0 Å². The summed E-state index contributed by atoms with van der Waals surface area (Å²) in [7, 11) is 0. The van der Waals surface area contributed by atoms with Crippen LogP contribution in [0, 0.1) is 0 Å². The molecule has 24 heteroatoms. The number of aromatic nitrogens is 8. The number of rotatable bonds is 2. The minimum atomic E-state index is -4.32. The number of nitrogen functional groups attached to an aromatic ring is 1. The van der Waals surface area contributed by atoms with Crippen molar-refractivity contribution in [2.75, 3.05) is 18.9 Å². The summed E-state index contributed by atoms with van der Waals surface area (Å²) in [6.07, 6.45) is -5.67. The number of fused-ring (bicyclic) bond motifs is 5. The van der Waals surface area contributed by atoms with Crippen molar-refractivity contribution in [1.82, 2.24) is 39.1 Å². The third-order valence-electron chi connectivity index (χ3n) is 7.27. The number of H-pyrrole nitrogens is 1. The zero-order chi connectivity index (χ0) is 31.0. The molecule has 0 saturated carbocycles. The molecule has 3 saturated heterocycles. The molecule has 3 unspecified atom stereocenters. The molecule has 4 aromatic heterocycles. The van der Waals surface area contributed by atoms with Crippen molar-refractivity contribution in [3.05, 3.63) is 41.2 Å². The lowest BCUT2D eigenvalue weighted by molar-refractivity contribution is -0.0552. The van der Waals surface area contributed by atoms with Crippen molar-refractivity contribution in [3.63, 3.8) is 0 Å². The van der Waals surface area contributed by atoms with E-state index in [1.807, 2.05) is 0 Å². The molecule has 3 aliphatic rings. The van der Waals surface area contributed by atoms with E-state index in [9.17, 15) is 24.5 Å². The van der Waals surface area contributed by atoms with Crippen LogP contribution in [0.1, 0.15) is 17.9 Å². The van der Waals surface area contributed by atoms with Crippen molar-refractivity contribution in [2.45, 2.75) is 49.0 Å². The van der Waals surface area contributed by atoms with Gasteiger partial charge in [0.1, 0.15) is 54.6 Å². The summed E-state index contributed by atoms with van der Waals surface area (Å²) >= 11 is 9.30. The Morgan fingerprint density at radius 2 is 1.84 bits per heavy atom. The Labute approximate surface area is 255 Å². The molecular weight excluding hydrogens is 668 g/mol. The second-order valence-electron chi connectivity index (χ2n) is 9.94. The van der Waals surface area contributed by atoms with Crippen molar-refractivity contribution in [2.24, 2.45) is 0 Å². The highest BCUT2D eigenvalue weighted by Gasteiger charge is 2.53. The van der Waals surface area contributed by atoms with Gasteiger partial charge in [-0.3, -0.25) is 23.1 Å². The van der Waals surface area contributed by atoms with Gasteiger partial charge in [0.05, 0.1) is 32.1 Å². The molecular formula is C20H23N9O11P2S2. The Bertz CT molecular complexity index is 1890. The monoisotopic (exact) mass is 691 g/mol. The van der Waals surface area contributed by atoms with Crippen molar-refractivity contribution in [1.29, 1.82) is 0 Å². The highest BCUT2D eigenvalue weighted by atomic mass is 32.7. The van der Waals surface area contributed by atoms with E-state index >= 15 is 0 Å². The van der Waals surface area contributed by atoms with Gasteiger partial charge < -0.3 is 34.8 Å². The molecule has 3 fully saturated rings. The first-order valence-corrected chi connectivity index (χ1v) is 18.0. The highest BCUT2D eigenvalue weighted by molar-refractivity contribution is 8.44. The Morgan fingerprint density at radius 1 is 1.05 bits per heavy atom. The zero-order valence-corrected chi connectivity index (χ0v) is 25.4. The van der Waals surface area contributed by atoms with Crippen LogP contribution in [0.2, 0.25) is 0 Å². The molecule has 0 spiro atoms. The van der Waals surface area contributed by atoms with Crippen molar-refractivity contribution in [3.8, 4) is 0 Å². The molecule has 10 atom stereocenters. The Hall–Kier alpha value is -2.43. The summed E-state index contributed by atoms with van der Waals surface area (Å²) in [5, 5.41) is 26.3. The molecule has 2 bridgehead atoms. The summed E-state index contributed by atoms with van der Waals surface area (Å²) in [6.45, 7) is -9.55. The van der Waals surface area contributed by atoms with Crippen molar-refractivity contribution >= 4 is 60.2 Å². The summed E-state index contributed by atoms with van der Waals surface area (Å²) in [5.74, 6) is 0.0893. The van der Waals surface area contributed by atoms with Gasteiger partial charge in [0.15, 0.2) is 23.3 Å². The minimum absolute atomic E-state index is 0.0863. The second kappa shape index (κ2) is 11.1. The minimum Gasteiger partial charge on any atom is -0.387 e. The van der Waals surface area contributed by atoms with Crippen LogP contribution >= 0.6 is 25.8 Å². The number of nitrogens with zero attached hydrogens (tertiary/aromatic N) is 7. The van der Waals surface area contributed by atoms with Crippen LogP contribution < -0.4 is 11.4 Å². The van der Waals surface area contributed by atoms with Gasteiger partial charge in [-0.25, -0.2) is 29.3 Å². The maximum atomic E-state index is 13.5. The number of imidazole rings is 1. The molecule has 0 amide bonds. The lowest BCUT2D eigenvalue weighted by Crippen LogP contribution is -2.35. The fourth-order valence-corrected chi connectivity index (χ4v) is 8.16. The molecule has 44 heavy (non-hydrogen) atoms. The highest BCUT2D eigenvalue weighted by Crippen LogP contribution is 2.58. The molecule has 0 radical (unpaired) electrons. The zero-order valence-electron chi connectivity index (χ0n) is 21.9. The molecule has 6 N–H and O–H groups in total. The van der Waals surface area contributed by atoms with E-state index in [1.54, 1.807) is 0 Å². The van der Waals surface area contributed by atoms with Crippen LogP contribution in [-0.2, 0) is 43.9 Å². The fourth-order valence-electron chi connectivity index (χ4n) is 5.26. The first-order valence-electron chi connectivity index (χ1n) is 12.8. The molecule has 4 aromatic rings. The molecule has 3 aliphatic heterocycles. The average molecular weight is 692 g/mol. The quantitative estimate of drug-likeness (QED) is 0.108. The number of hydrogen-bond acceptors (Lipinski definition) is 17. The third-order valence-corrected chi connectivity index (χ3v) is 10.4. The summed E-state index contributed by atoms with van der Waals surface area (Å²) < 4.78 is 50.3. The first-order chi connectivity index (χ1) is 20.9. The summed E-state index contributed by atoms with van der Waals surface area (Å²) in [5.41, 5.74) is 6.08. The summed E-state index contributed by atoms with van der Waals surface area (Å²) in [6, 6.07) is 0. The topological polar surface area (TPSA) is 266 Å². The number of aliphatic hydroxyl groups is 2. The van der Waals surface area contributed by atoms with Gasteiger partial charge in [-0.1, -0.05) is 12.2 Å². The predicted octanol–water partition coefficient (Wildman–Crippen LogP) is -1.03. The van der Waals surface area contributed by atoms with Gasteiger partial charge in [0.2, 0.25) is 0 Å². The maximum Gasteiger partial charge on any atom is 0.386 e. The standard InChI is InChI=1S/C20H23N9O11P2S2/c21-16-10-18(24-4-22-16)28(6-26-10)19-15-11(30)8(38-19)2-35-41(33,43)39-14-9(3-36-42(34,44)40-15)37-13(12(14)31)7-1-27-29-17(7)23-5-25-20(29)32/h1,4-6,8-9,11-15,19,30-31H,2-3H2,(H,33,43)(H,34,44)(H2,21,22,24)(H,23,25,32)/t8?,9-,11-,12+,13+,14-,15-,19-,41?,42?/m1/s1. The number of aromatic amines is 1. The van der Waals surface area contributed by atoms with E-state index in [1.165, 1.54) is 23.4 Å². The Morgan fingerprint density at radius 3 is 2.66 bits per heavy atom. The van der Waals surface area contributed by atoms with E-state index in [4.69, 9.17) is 45.1 Å². The van der Waals surface area contributed by atoms with E-state index in [-0.39, 0.29) is 28.2 Å². The van der Waals surface area contributed by atoms with E-state index < -0.39 is 81.4 Å². The van der Waals surface area contributed by atoms with Crippen LogP contribution in [0.5, 0.6) is 0 Å². The number of aliphatic hydroxyl groups excluding tert-OH is 2. The molecule has 7 rings (SSSR count). The molecule has 0 aromatic carbocycles. The van der Waals surface area contributed by atoms with Gasteiger partial charge in [-0.15, -0.1) is 0 Å². The molecule has 0 aliphatic carbocycles. The van der Waals surface area contributed by atoms with Gasteiger partial charge in [-0.05, 0) is 11.8 Å². The lowest BCUT2D eigenvalue weighted by atomic mass is 10.0. The number of nitrogens with one attached hydrogen (secondary N) is 1. The Kier molecular flexibility index (Phi) is 7.64. The molecule has 20 nitrogen and oxygen atoms in total. The number of nitrogens with two attached hydrogens (primary N) is 1. The Balaban J connectivity index is 1.20. The number of hydrogen-bond donors (Lipinski definition) is 6. The van der Waals surface area contributed by atoms with Crippen LogP contribution in [0.15, 0.2) is 30.0 Å². The average Bonchev–Trinajstić information content (AvgIpc) is 3.73. The predicted molar refractivity (Wildman–Crippen MR) is 152 cm³/mol. The number of ether oxygens (including phenoxy) is 2. The van der Waals surface area contributed by atoms with Crippen LogP contribution in [0.25, 0.3) is 16.8 Å². The van der Waals surface area contributed by atoms with Crippen LogP contribution in [0.4, 0.5) is 5.82 Å².